The predicted molar refractivity (Wildman–Crippen MR) is 107 cm³/mol. The third-order valence-corrected chi connectivity index (χ3v) is 6.26. The summed E-state index contributed by atoms with van der Waals surface area (Å²) < 4.78 is 31.4. The van der Waals surface area contributed by atoms with E-state index < -0.39 is 21.6 Å². The lowest BCUT2D eigenvalue weighted by Crippen LogP contribution is -2.35. The highest BCUT2D eigenvalue weighted by Crippen LogP contribution is 2.19. The third kappa shape index (κ3) is 4.13. The number of carbonyl (C=O) groups is 1. The highest BCUT2D eigenvalue weighted by Gasteiger charge is 2.23. The van der Waals surface area contributed by atoms with Gasteiger partial charge in [0.05, 0.1) is 11.4 Å². The Kier molecular flexibility index (Phi) is 5.35. The van der Waals surface area contributed by atoms with Crippen LogP contribution in [0.4, 0.5) is 5.69 Å². The van der Waals surface area contributed by atoms with Crippen LogP contribution in [-0.4, -0.2) is 32.2 Å². The maximum atomic E-state index is 12.7. The molecule has 0 aliphatic carbocycles. The second-order valence-electron chi connectivity index (χ2n) is 6.56. The molecule has 0 saturated heterocycles. The van der Waals surface area contributed by atoms with Crippen LogP contribution in [0.2, 0.25) is 0 Å². The molecule has 3 aromatic rings. The Morgan fingerprint density at radius 3 is 2.50 bits per heavy atom. The Bertz CT molecular complexity index is 1210. The summed E-state index contributed by atoms with van der Waals surface area (Å²) in [4.78, 5) is 23.7. The number of likely N-dealkylation sites (N-methyl/N-ethyl adjacent to an activating group) is 1. The maximum absolute atomic E-state index is 12.7. The molecular formula is C20H20N2O5S. The molecule has 0 atom stereocenters. The first-order valence-electron chi connectivity index (χ1n) is 8.54. The topological polar surface area (TPSA) is 96.7 Å². The lowest BCUT2D eigenvalue weighted by molar-refractivity contribution is -0.116. The molecule has 0 saturated carbocycles. The van der Waals surface area contributed by atoms with Gasteiger partial charge in [-0.05, 0) is 61.4 Å². The Labute approximate surface area is 162 Å². The molecular weight excluding hydrogens is 380 g/mol. The highest BCUT2D eigenvalue weighted by molar-refractivity contribution is 7.89. The van der Waals surface area contributed by atoms with Crippen molar-refractivity contribution in [3.8, 4) is 0 Å². The molecule has 0 bridgehead atoms. The van der Waals surface area contributed by atoms with Gasteiger partial charge in [-0.3, -0.25) is 4.79 Å². The average molecular weight is 400 g/mol. The molecule has 1 amide bonds. The van der Waals surface area contributed by atoms with E-state index in [1.807, 2.05) is 13.8 Å². The number of aryl methyl sites for hydroxylation is 2. The number of hydrogen-bond acceptors (Lipinski definition) is 5. The fourth-order valence-electron chi connectivity index (χ4n) is 2.69. The van der Waals surface area contributed by atoms with Crippen LogP contribution >= 0.6 is 0 Å². The molecule has 0 spiro atoms. The van der Waals surface area contributed by atoms with E-state index in [1.165, 1.54) is 19.2 Å². The molecule has 3 rings (SSSR count). The van der Waals surface area contributed by atoms with Crippen LogP contribution in [-0.2, 0) is 14.8 Å². The van der Waals surface area contributed by atoms with Gasteiger partial charge in [-0.1, -0.05) is 6.07 Å². The van der Waals surface area contributed by atoms with Gasteiger partial charge in [-0.2, -0.15) is 4.31 Å². The first kappa shape index (κ1) is 19.8. The van der Waals surface area contributed by atoms with Crippen molar-refractivity contribution < 1.29 is 17.6 Å². The number of nitrogens with one attached hydrogen (secondary N) is 1. The first-order valence-corrected chi connectivity index (χ1v) is 9.98. The second-order valence-corrected chi connectivity index (χ2v) is 8.61. The molecule has 0 radical (unpaired) electrons. The molecule has 28 heavy (non-hydrogen) atoms. The normalized spacial score (nSPS) is 11.7. The highest BCUT2D eigenvalue weighted by atomic mass is 32.2. The van der Waals surface area contributed by atoms with E-state index in [9.17, 15) is 18.0 Å². The zero-order chi connectivity index (χ0) is 20.5. The number of amides is 1. The van der Waals surface area contributed by atoms with Crippen LogP contribution in [0.3, 0.4) is 0 Å². The van der Waals surface area contributed by atoms with Gasteiger partial charge in [0.1, 0.15) is 5.58 Å². The number of nitrogens with zero attached hydrogens (tertiary/aromatic N) is 1. The van der Waals surface area contributed by atoms with E-state index in [4.69, 9.17) is 4.42 Å². The van der Waals surface area contributed by atoms with Crippen molar-refractivity contribution in [1.82, 2.24) is 4.31 Å². The van der Waals surface area contributed by atoms with E-state index in [0.717, 1.165) is 15.4 Å². The summed E-state index contributed by atoms with van der Waals surface area (Å²) >= 11 is 0. The molecule has 2 aromatic carbocycles. The summed E-state index contributed by atoms with van der Waals surface area (Å²) in [5, 5.41) is 3.31. The minimum atomic E-state index is -3.78. The molecule has 1 heterocycles. The van der Waals surface area contributed by atoms with Gasteiger partial charge in [0.15, 0.2) is 0 Å². The zero-order valence-corrected chi connectivity index (χ0v) is 16.5. The van der Waals surface area contributed by atoms with Gasteiger partial charge in [-0.25, -0.2) is 13.2 Å². The third-order valence-electron chi connectivity index (χ3n) is 4.46. The Morgan fingerprint density at radius 2 is 1.79 bits per heavy atom. The Morgan fingerprint density at radius 1 is 1.04 bits per heavy atom. The van der Waals surface area contributed by atoms with Gasteiger partial charge in [0.2, 0.25) is 15.9 Å². The smallest absolute Gasteiger partial charge is 0.336 e. The summed E-state index contributed by atoms with van der Waals surface area (Å²) in [5.41, 5.74) is 2.28. The summed E-state index contributed by atoms with van der Waals surface area (Å²) in [5.74, 6) is -0.480. The van der Waals surface area contributed by atoms with Crippen molar-refractivity contribution in [2.24, 2.45) is 0 Å². The minimum absolute atomic E-state index is 0.145. The Balaban J connectivity index is 1.74. The average Bonchev–Trinajstić information content (AvgIpc) is 2.63. The van der Waals surface area contributed by atoms with E-state index >= 15 is 0 Å². The summed E-state index contributed by atoms with van der Waals surface area (Å²) in [6.45, 7) is 3.40. The molecule has 8 heteroatoms. The fraction of sp³-hybridized carbons (Fsp3) is 0.200. The lowest BCUT2D eigenvalue weighted by Gasteiger charge is -2.17. The number of fused-ring (bicyclic) bond motifs is 1. The fourth-order valence-corrected chi connectivity index (χ4v) is 3.90. The SMILES string of the molecule is Cc1ccc(S(=O)(=O)N(C)CC(=O)Nc2ccc3oc(=O)ccc3c2)cc1C. The van der Waals surface area contributed by atoms with E-state index in [1.54, 1.807) is 36.4 Å². The van der Waals surface area contributed by atoms with Crippen molar-refractivity contribution in [2.75, 3.05) is 18.9 Å². The van der Waals surface area contributed by atoms with Gasteiger partial charge in [0.25, 0.3) is 0 Å². The van der Waals surface area contributed by atoms with Crippen molar-refractivity contribution in [1.29, 1.82) is 0 Å². The molecule has 0 fully saturated rings. The van der Waals surface area contributed by atoms with Gasteiger partial charge >= 0.3 is 5.63 Å². The molecule has 0 unspecified atom stereocenters. The quantitative estimate of drug-likeness (QED) is 0.664. The van der Waals surface area contributed by atoms with Crippen LogP contribution < -0.4 is 10.9 Å². The Hall–Kier alpha value is -2.97. The first-order chi connectivity index (χ1) is 13.2. The van der Waals surface area contributed by atoms with Crippen molar-refractivity contribution in [3.05, 3.63) is 70.1 Å². The summed E-state index contributed by atoms with van der Waals surface area (Å²) in [7, 11) is -2.42. The minimum Gasteiger partial charge on any atom is -0.423 e. The van der Waals surface area contributed by atoms with Crippen LogP contribution in [0.25, 0.3) is 11.0 Å². The molecule has 0 aliphatic heterocycles. The van der Waals surface area contributed by atoms with Crippen molar-refractivity contribution in [2.45, 2.75) is 18.7 Å². The maximum Gasteiger partial charge on any atom is 0.336 e. The second kappa shape index (κ2) is 7.57. The van der Waals surface area contributed by atoms with Gasteiger partial charge < -0.3 is 9.73 Å². The van der Waals surface area contributed by atoms with Crippen molar-refractivity contribution in [3.63, 3.8) is 0 Å². The summed E-state index contributed by atoms with van der Waals surface area (Å²) in [6, 6.07) is 12.5. The van der Waals surface area contributed by atoms with E-state index in [0.29, 0.717) is 16.7 Å². The van der Waals surface area contributed by atoms with Crippen molar-refractivity contribution >= 4 is 32.6 Å². The monoisotopic (exact) mass is 400 g/mol. The molecule has 0 aliphatic rings. The number of anilines is 1. The largest absolute Gasteiger partial charge is 0.423 e. The standard InChI is InChI=1S/C20H20N2O5S/c1-13-4-7-17(10-14(13)2)28(25,26)22(3)12-19(23)21-16-6-8-18-15(11-16)5-9-20(24)27-18/h4-11H,12H2,1-3H3,(H,21,23). The number of sulfonamides is 1. The van der Waals surface area contributed by atoms with Crippen LogP contribution in [0.15, 0.2) is 62.6 Å². The molecule has 146 valence electrons. The molecule has 1 N–H and O–H groups in total. The molecule has 1 aromatic heterocycles. The van der Waals surface area contributed by atoms with Gasteiger partial charge in [-0.15, -0.1) is 0 Å². The predicted octanol–water partition coefficient (Wildman–Crippen LogP) is 2.67. The number of rotatable bonds is 5. The van der Waals surface area contributed by atoms with Crippen LogP contribution in [0, 0.1) is 13.8 Å². The molecule has 7 nitrogen and oxygen atoms in total. The van der Waals surface area contributed by atoms with Crippen LogP contribution in [0.1, 0.15) is 11.1 Å². The van der Waals surface area contributed by atoms with E-state index in [-0.39, 0.29) is 11.4 Å². The van der Waals surface area contributed by atoms with E-state index in [2.05, 4.69) is 5.32 Å². The zero-order valence-electron chi connectivity index (χ0n) is 15.7. The number of benzene rings is 2. The van der Waals surface area contributed by atoms with Gasteiger partial charge in [0, 0.05) is 24.2 Å². The summed E-state index contributed by atoms with van der Waals surface area (Å²) in [6.07, 6.45) is 0. The van der Waals surface area contributed by atoms with Crippen LogP contribution in [0.5, 0.6) is 0 Å². The number of hydrogen-bond donors (Lipinski definition) is 1. The lowest BCUT2D eigenvalue weighted by atomic mass is 10.1. The number of carbonyl (C=O) groups excluding carboxylic acids is 1.